The number of hydrogen-bond donors (Lipinski definition) is 0. The average molecular weight is 350 g/mol. The molecule has 0 amide bonds. The van der Waals surface area contributed by atoms with Crippen LogP contribution in [-0.4, -0.2) is 19.2 Å². The Balaban J connectivity index is 1.98. The molecule has 26 heavy (non-hydrogen) atoms. The Kier molecular flexibility index (Phi) is 4.31. The van der Waals surface area contributed by atoms with Crippen molar-refractivity contribution in [2.45, 2.75) is 25.6 Å². The molecule has 3 aromatic rings. The van der Waals surface area contributed by atoms with Gasteiger partial charge in [-0.05, 0) is 24.6 Å². The molecular weight excluding hydrogens is 332 g/mol. The number of fused-ring (bicyclic) bond motifs is 3. The first-order chi connectivity index (χ1) is 12.7. The monoisotopic (exact) mass is 350 g/mol. The van der Waals surface area contributed by atoms with Crippen molar-refractivity contribution in [2.24, 2.45) is 0 Å². The van der Waals surface area contributed by atoms with E-state index in [2.05, 4.69) is 0 Å². The zero-order valence-corrected chi connectivity index (χ0v) is 14.3. The third kappa shape index (κ3) is 2.70. The molecule has 5 nitrogen and oxygen atoms in total. The lowest BCUT2D eigenvalue weighted by atomic mass is 9.84. The summed E-state index contributed by atoms with van der Waals surface area (Å²) in [7, 11) is 0. The number of benzene rings is 2. The van der Waals surface area contributed by atoms with Crippen LogP contribution in [0.15, 0.2) is 57.7 Å². The molecule has 0 saturated heterocycles. The first kappa shape index (κ1) is 16.5. The summed E-state index contributed by atoms with van der Waals surface area (Å²) in [6.45, 7) is 2.38. The van der Waals surface area contributed by atoms with Gasteiger partial charge in [0.1, 0.15) is 17.6 Å². The van der Waals surface area contributed by atoms with Crippen LogP contribution in [0.4, 0.5) is 0 Å². The molecule has 5 heteroatoms. The quantitative estimate of drug-likeness (QED) is 0.528. The van der Waals surface area contributed by atoms with Crippen LogP contribution in [0.3, 0.4) is 0 Å². The minimum atomic E-state index is -0.498. The van der Waals surface area contributed by atoms with E-state index >= 15 is 0 Å². The van der Waals surface area contributed by atoms with Gasteiger partial charge in [-0.25, -0.2) is 4.79 Å². The molecule has 0 unspecified atom stereocenters. The Bertz CT molecular complexity index is 1020. The van der Waals surface area contributed by atoms with E-state index in [9.17, 15) is 9.59 Å². The Morgan fingerprint density at radius 1 is 1.15 bits per heavy atom. The smallest absolute Gasteiger partial charge is 0.343 e. The molecule has 2 heterocycles. The Labute approximate surface area is 150 Å². The van der Waals surface area contributed by atoms with Crippen LogP contribution in [0.1, 0.15) is 40.7 Å². The van der Waals surface area contributed by atoms with E-state index in [1.165, 1.54) is 0 Å². The maximum Gasteiger partial charge on any atom is 0.343 e. The number of ether oxygens (including phenoxy) is 2. The van der Waals surface area contributed by atoms with Gasteiger partial charge in [-0.3, -0.25) is 4.79 Å². The van der Waals surface area contributed by atoms with Gasteiger partial charge < -0.3 is 13.9 Å². The van der Waals surface area contributed by atoms with Gasteiger partial charge in [-0.15, -0.1) is 0 Å². The van der Waals surface area contributed by atoms with E-state index in [1.54, 1.807) is 24.3 Å². The lowest BCUT2D eigenvalue weighted by molar-refractivity contribution is -0.0890. The summed E-state index contributed by atoms with van der Waals surface area (Å²) in [4.78, 5) is 24.3. The van der Waals surface area contributed by atoms with Gasteiger partial charge in [0.25, 0.3) is 0 Å². The van der Waals surface area contributed by atoms with Crippen molar-refractivity contribution in [3.8, 4) is 5.75 Å². The summed E-state index contributed by atoms with van der Waals surface area (Å²) in [5.74, 6) is 0.143. The summed E-state index contributed by atoms with van der Waals surface area (Å²) in [6.07, 6.45) is 0.750. The first-order valence-electron chi connectivity index (χ1n) is 8.61. The fraction of sp³-hybridized carbons (Fsp3) is 0.238. The molecular formula is C21H18O5. The molecule has 0 spiro atoms. The highest BCUT2D eigenvalue weighted by Gasteiger charge is 2.35. The van der Waals surface area contributed by atoms with Crippen molar-refractivity contribution in [1.82, 2.24) is 0 Å². The van der Waals surface area contributed by atoms with Crippen LogP contribution < -0.4 is 10.4 Å². The summed E-state index contributed by atoms with van der Waals surface area (Å²) >= 11 is 0. The van der Waals surface area contributed by atoms with Crippen LogP contribution in [0.5, 0.6) is 5.75 Å². The third-order valence-corrected chi connectivity index (χ3v) is 4.68. The minimum absolute atomic E-state index is 0.336. The molecule has 0 fully saturated rings. The lowest BCUT2D eigenvalue weighted by Crippen LogP contribution is -2.32. The zero-order chi connectivity index (χ0) is 18.1. The molecule has 0 radical (unpaired) electrons. The molecule has 4 rings (SSSR count). The molecule has 1 aromatic heterocycles. The number of carbonyl (C=O) groups excluding carboxylic acids is 1. The normalized spacial score (nSPS) is 19.0. The fourth-order valence-corrected chi connectivity index (χ4v) is 3.56. The van der Waals surface area contributed by atoms with Gasteiger partial charge in [-0.2, -0.15) is 0 Å². The predicted molar refractivity (Wildman–Crippen MR) is 96.8 cm³/mol. The standard InChI is InChI=1S/C21H18O5/c1-2-24-18-11-16(14-8-4-3-7-13(14)12-22)19-20(26-18)15-9-5-6-10-17(15)25-21(19)23/h3-10,12,16,18H,2,11H2,1H3/t16-,18-/m0/s1. The minimum Gasteiger partial charge on any atom is -0.464 e. The topological polar surface area (TPSA) is 65.7 Å². The molecule has 0 bridgehead atoms. The van der Waals surface area contributed by atoms with E-state index in [0.717, 1.165) is 17.2 Å². The van der Waals surface area contributed by atoms with Gasteiger partial charge in [0.05, 0.1) is 10.9 Å². The van der Waals surface area contributed by atoms with Crippen molar-refractivity contribution in [3.63, 3.8) is 0 Å². The maximum absolute atomic E-state index is 12.7. The molecule has 0 N–H and O–H groups in total. The summed E-state index contributed by atoms with van der Waals surface area (Å²) in [5, 5.41) is 0.722. The Morgan fingerprint density at radius 3 is 2.73 bits per heavy atom. The number of carbonyl (C=O) groups is 1. The van der Waals surface area contributed by atoms with Crippen molar-refractivity contribution in [2.75, 3.05) is 6.61 Å². The van der Waals surface area contributed by atoms with E-state index in [0.29, 0.717) is 35.5 Å². The highest BCUT2D eigenvalue weighted by atomic mass is 16.7. The largest absolute Gasteiger partial charge is 0.464 e. The van der Waals surface area contributed by atoms with Crippen LogP contribution in [0, 0.1) is 0 Å². The molecule has 132 valence electrons. The van der Waals surface area contributed by atoms with Gasteiger partial charge in [0.15, 0.2) is 0 Å². The zero-order valence-electron chi connectivity index (χ0n) is 14.3. The van der Waals surface area contributed by atoms with Gasteiger partial charge in [-0.1, -0.05) is 36.4 Å². The second-order valence-electron chi connectivity index (χ2n) is 6.17. The summed E-state index contributed by atoms with van der Waals surface area (Å²) < 4.78 is 17.2. The van der Waals surface area contributed by atoms with Crippen molar-refractivity contribution < 1.29 is 18.7 Å². The third-order valence-electron chi connectivity index (χ3n) is 4.68. The summed E-state index contributed by atoms with van der Waals surface area (Å²) in [5.41, 5.74) is 1.79. The number of aldehydes is 1. The van der Waals surface area contributed by atoms with Crippen LogP contribution in [0.25, 0.3) is 11.0 Å². The number of hydrogen-bond acceptors (Lipinski definition) is 5. The molecule has 1 aliphatic rings. The number of para-hydroxylation sites is 1. The van der Waals surface area contributed by atoms with Gasteiger partial charge in [0, 0.05) is 24.5 Å². The molecule has 0 saturated carbocycles. The van der Waals surface area contributed by atoms with E-state index < -0.39 is 11.9 Å². The molecule has 2 aromatic carbocycles. The van der Waals surface area contributed by atoms with Gasteiger partial charge >= 0.3 is 5.63 Å². The highest BCUT2D eigenvalue weighted by Crippen LogP contribution is 2.43. The van der Waals surface area contributed by atoms with Crippen molar-refractivity contribution >= 4 is 17.3 Å². The van der Waals surface area contributed by atoms with E-state index in [-0.39, 0.29) is 5.92 Å². The average Bonchev–Trinajstić information content (AvgIpc) is 2.67. The highest BCUT2D eigenvalue weighted by molar-refractivity contribution is 5.85. The van der Waals surface area contributed by atoms with Gasteiger partial charge in [0.2, 0.25) is 6.29 Å². The predicted octanol–water partition coefficient (Wildman–Crippen LogP) is 3.88. The van der Waals surface area contributed by atoms with E-state index in [1.807, 2.05) is 31.2 Å². The van der Waals surface area contributed by atoms with Crippen molar-refractivity contribution in [3.05, 3.63) is 75.6 Å². The maximum atomic E-state index is 12.7. The van der Waals surface area contributed by atoms with Crippen LogP contribution >= 0.6 is 0 Å². The Morgan fingerprint density at radius 2 is 1.92 bits per heavy atom. The second kappa shape index (κ2) is 6.77. The second-order valence-corrected chi connectivity index (χ2v) is 6.17. The first-order valence-corrected chi connectivity index (χ1v) is 8.61. The van der Waals surface area contributed by atoms with E-state index in [4.69, 9.17) is 13.9 Å². The van der Waals surface area contributed by atoms with Crippen LogP contribution in [-0.2, 0) is 4.74 Å². The molecule has 0 aliphatic carbocycles. The lowest BCUT2D eigenvalue weighted by Gasteiger charge is -2.32. The molecule has 2 atom stereocenters. The SMILES string of the molecule is CCO[C@@H]1C[C@@H](c2ccccc2C=O)c2c(c3ccccc3oc2=O)O1. The summed E-state index contributed by atoms with van der Waals surface area (Å²) in [6, 6.07) is 14.5. The van der Waals surface area contributed by atoms with Crippen molar-refractivity contribution in [1.29, 1.82) is 0 Å². The number of rotatable bonds is 4. The fourth-order valence-electron chi connectivity index (χ4n) is 3.56. The van der Waals surface area contributed by atoms with Crippen LogP contribution in [0.2, 0.25) is 0 Å². The Hall–Kier alpha value is -2.92. The molecule has 1 aliphatic heterocycles.